The molecule has 1 aromatic carbocycles. The lowest BCUT2D eigenvalue weighted by molar-refractivity contribution is -0.118. The third kappa shape index (κ3) is 3.93. The molecule has 0 bridgehead atoms. The van der Waals surface area contributed by atoms with Gasteiger partial charge in [-0.1, -0.05) is 23.7 Å². The average molecular weight is 281 g/mol. The van der Waals surface area contributed by atoms with Crippen molar-refractivity contribution < 1.29 is 13.9 Å². The van der Waals surface area contributed by atoms with E-state index in [1.165, 1.54) is 18.3 Å². The van der Waals surface area contributed by atoms with Crippen molar-refractivity contribution in [2.24, 2.45) is 0 Å². The molecule has 1 amide bonds. The predicted molar refractivity (Wildman–Crippen MR) is 69.8 cm³/mol. The molecule has 0 unspecified atom stereocenters. The van der Waals surface area contributed by atoms with Crippen LogP contribution in [-0.2, 0) is 4.79 Å². The summed E-state index contributed by atoms with van der Waals surface area (Å²) in [5.41, 5.74) is 0. The Balaban J connectivity index is 1.88. The lowest BCUT2D eigenvalue weighted by atomic mass is 10.3. The number of aromatic nitrogens is 1. The van der Waals surface area contributed by atoms with Crippen LogP contribution in [0, 0.1) is 5.82 Å². The van der Waals surface area contributed by atoms with E-state index >= 15 is 0 Å². The lowest BCUT2D eigenvalue weighted by Crippen LogP contribution is -2.21. The van der Waals surface area contributed by atoms with Crippen LogP contribution in [0.2, 0.25) is 5.02 Å². The molecule has 0 saturated heterocycles. The van der Waals surface area contributed by atoms with E-state index in [1.807, 2.05) is 0 Å². The second kappa shape index (κ2) is 6.15. The van der Waals surface area contributed by atoms with Crippen molar-refractivity contribution in [2.75, 3.05) is 11.9 Å². The number of benzene rings is 1. The van der Waals surface area contributed by atoms with Gasteiger partial charge in [-0.2, -0.15) is 0 Å². The van der Waals surface area contributed by atoms with E-state index in [-0.39, 0.29) is 12.4 Å². The van der Waals surface area contributed by atoms with Gasteiger partial charge in [-0.3, -0.25) is 4.79 Å². The van der Waals surface area contributed by atoms with Crippen molar-refractivity contribution in [1.82, 2.24) is 4.98 Å². The van der Waals surface area contributed by atoms with Crippen LogP contribution < -0.4 is 10.1 Å². The number of anilines is 1. The zero-order valence-electron chi connectivity index (χ0n) is 9.77. The summed E-state index contributed by atoms with van der Waals surface area (Å²) >= 11 is 5.67. The molecule has 0 fully saturated rings. The minimum atomic E-state index is -0.514. The molecule has 2 rings (SSSR count). The van der Waals surface area contributed by atoms with Gasteiger partial charge in [0.1, 0.15) is 5.82 Å². The van der Waals surface area contributed by atoms with Crippen LogP contribution in [0.4, 0.5) is 10.2 Å². The summed E-state index contributed by atoms with van der Waals surface area (Å²) in [7, 11) is 0. The molecule has 1 N–H and O–H groups in total. The van der Waals surface area contributed by atoms with E-state index in [0.29, 0.717) is 10.8 Å². The topological polar surface area (TPSA) is 51.2 Å². The van der Waals surface area contributed by atoms with E-state index in [1.54, 1.807) is 24.3 Å². The van der Waals surface area contributed by atoms with Crippen LogP contribution in [-0.4, -0.2) is 17.5 Å². The predicted octanol–water partition coefficient (Wildman–Crippen LogP) is 2.89. The lowest BCUT2D eigenvalue weighted by Gasteiger charge is -2.07. The zero-order chi connectivity index (χ0) is 13.7. The van der Waals surface area contributed by atoms with Crippen LogP contribution in [0.3, 0.4) is 0 Å². The Morgan fingerprint density at radius 2 is 2.11 bits per heavy atom. The van der Waals surface area contributed by atoms with E-state index in [9.17, 15) is 9.18 Å². The quantitative estimate of drug-likeness (QED) is 0.937. The Hall–Kier alpha value is -2.14. The van der Waals surface area contributed by atoms with Crippen LogP contribution in [0.1, 0.15) is 0 Å². The molecular formula is C13H10ClFN2O2. The molecule has 0 aliphatic heterocycles. The fourth-order valence-corrected chi connectivity index (χ4v) is 1.45. The minimum absolute atomic E-state index is 0.0294. The van der Waals surface area contributed by atoms with Crippen LogP contribution in [0.5, 0.6) is 5.75 Å². The monoisotopic (exact) mass is 280 g/mol. The Kier molecular flexibility index (Phi) is 4.30. The highest BCUT2D eigenvalue weighted by atomic mass is 35.5. The highest BCUT2D eigenvalue weighted by molar-refractivity contribution is 6.30. The van der Waals surface area contributed by atoms with Gasteiger partial charge in [0, 0.05) is 6.20 Å². The largest absolute Gasteiger partial charge is 0.481 e. The van der Waals surface area contributed by atoms with Gasteiger partial charge in [-0.15, -0.1) is 0 Å². The van der Waals surface area contributed by atoms with Gasteiger partial charge in [0.25, 0.3) is 5.91 Å². The van der Waals surface area contributed by atoms with Gasteiger partial charge in [0.2, 0.25) is 0 Å². The molecule has 0 aliphatic carbocycles. The summed E-state index contributed by atoms with van der Waals surface area (Å²) in [5, 5.41) is 2.98. The van der Waals surface area contributed by atoms with Crippen molar-refractivity contribution in [3.63, 3.8) is 0 Å². The van der Waals surface area contributed by atoms with Crippen LogP contribution in [0.15, 0.2) is 42.6 Å². The summed E-state index contributed by atoms with van der Waals surface area (Å²) in [5.74, 6) is -0.564. The smallest absolute Gasteiger partial charge is 0.263 e. The summed E-state index contributed by atoms with van der Waals surface area (Å²) in [6, 6.07) is 9.03. The number of nitrogens with one attached hydrogen (secondary N) is 1. The van der Waals surface area contributed by atoms with Crippen molar-refractivity contribution in [2.45, 2.75) is 0 Å². The molecule has 1 heterocycles. The van der Waals surface area contributed by atoms with Gasteiger partial charge in [0.15, 0.2) is 18.2 Å². The molecule has 0 spiro atoms. The number of amides is 1. The zero-order valence-corrected chi connectivity index (χ0v) is 10.5. The summed E-state index contributed by atoms with van der Waals surface area (Å²) < 4.78 is 18.3. The van der Waals surface area contributed by atoms with E-state index in [4.69, 9.17) is 16.3 Å². The first-order valence-corrected chi connectivity index (χ1v) is 5.81. The molecule has 0 atom stereocenters. The number of halogens is 2. The Labute approximate surface area is 114 Å². The minimum Gasteiger partial charge on any atom is -0.481 e. The van der Waals surface area contributed by atoms with Crippen molar-refractivity contribution in [1.29, 1.82) is 0 Å². The van der Waals surface area contributed by atoms with Gasteiger partial charge >= 0.3 is 0 Å². The third-order valence-corrected chi connectivity index (χ3v) is 2.41. The molecule has 4 nitrogen and oxygen atoms in total. The molecular weight excluding hydrogens is 271 g/mol. The maximum absolute atomic E-state index is 13.2. The molecule has 2 aromatic rings. The fourth-order valence-electron chi connectivity index (χ4n) is 1.33. The number of para-hydroxylation sites is 1. The highest BCUT2D eigenvalue weighted by Crippen LogP contribution is 2.15. The van der Waals surface area contributed by atoms with Crippen molar-refractivity contribution >= 4 is 23.3 Å². The summed E-state index contributed by atoms with van der Waals surface area (Å²) in [6.07, 6.45) is 1.41. The Bertz CT molecular complexity index is 575. The fraction of sp³-hybridized carbons (Fsp3) is 0.0769. The number of carbonyl (C=O) groups is 1. The van der Waals surface area contributed by atoms with Gasteiger partial charge in [0.05, 0.1) is 5.02 Å². The average Bonchev–Trinajstić information content (AvgIpc) is 2.40. The van der Waals surface area contributed by atoms with Crippen LogP contribution in [0.25, 0.3) is 0 Å². The first-order chi connectivity index (χ1) is 9.15. The molecule has 0 aliphatic rings. The number of carbonyl (C=O) groups excluding carboxylic acids is 1. The third-order valence-electron chi connectivity index (χ3n) is 2.19. The summed E-state index contributed by atoms with van der Waals surface area (Å²) in [6.45, 7) is -0.300. The summed E-state index contributed by atoms with van der Waals surface area (Å²) in [4.78, 5) is 15.4. The van der Waals surface area contributed by atoms with Crippen LogP contribution >= 0.6 is 11.6 Å². The van der Waals surface area contributed by atoms with Gasteiger partial charge in [-0.25, -0.2) is 9.37 Å². The number of pyridine rings is 1. The maximum Gasteiger partial charge on any atom is 0.263 e. The van der Waals surface area contributed by atoms with Gasteiger partial charge < -0.3 is 10.1 Å². The molecule has 1 aromatic heterocycles. The normalized spacial score (nSPS) is 10.0. The molecule has 19 heavy (non-hydrogen) atoms. The van der Waals surface area contributed by atoms with E-state index in [2.05, 4.69) is 10.3 Å². The molecule has 0 radical (unpaired) electrons. The number of rotatable bonds is 4. The van der Waals surface area contributed by atoms with E-state index < -0.39 is 11.7 Å². The number of hydrogen-bond acceptors (Lipinski definition) is 3. The molecule has 98 valence electrons. The standard InChI is InChI=1S/C13H10ClFN2O2/c14-9-5-6-12(16-7-9)17-13(18)8-19-11-4-2-1-3-10(11)15/h1-7H,8H2,(H,16,17,18). The Morgan fingerprint density at radius 1 is 1.32 bits per heavy atom. The van der Waals surface area contributed by atoms with E-state index in [0.717, 1.165) is 0 Å². The first kappa shape index (κ1) is 13.3. The second-order valence-electron chi connectivity index (χ2n) is 3.63. The van der Waals surface area contributed by atoms with Crippen molar-refractivity contribution in [3.8, 4) is 5.75 Å². The molecule has 6 heteroatoms. The SMILES string of the molecule is O=C(COc1ccccc1F)Nc1ccc(Cl)cn1. The highest BCUT2D eigenvalue weighted by Gasteiger charge is 2.07. The van der Waals surface area contributed by atoms with Gasteiger partial charge in [-0.05, 0) is 24.3 Å². The number of nitrogens with zero attached hydrogens (tertiary/aromatic N) is 1. The molecule has 0 saturated carbocycles. The first-order valence-electron chi connectivity index (χ1n) is 5.44. The number of hydrogen-bond donors (Lipinski definition) is 1. The maximum atomic E-state index is 13.2. The Morgan fingerprint density at radius 3 is 2.79 bits per heavy atom. The number of ether oxygens (including phenoxy) is 1. The van der Waals surface area contributed by atoms with Crippen molar-refractivity contribution in [3.05, 3.63) is 53.4 Å². The second-order valence-corrected chi connectivity index (χ2v) is 4.07.